The van der Waals surface area contributed by atoms with Gasteiger partial charge in [-0.15, -0.1) is 18.3 Å². The van der Waals surface area contributed by atoms with Crippen molar-refractivity contribution in [1.82, 2.24) is 15.5 Å². The molecule has 0 aliphatic carbocycles. The van der Waals surface area contributed by atoms with Gasteiger partial charge in [-0.05, 0) is 19.4 Å². The summed E-state index contributed by atoms with van der Waals surface area (Å²) in [5.41, 5.74) is 0.797. The van der Waals surface area contributed by atoms with Gasteiger partial charge in [0.1, 0.15) is 30.1 Å². The van der Waals surface area contributed by atoms with Crippen LogP contribution in [0.4, 0.5) is 0 Å². The maximum atomic E-state index is 13.0. The van der Waals surface area contributed by atoms with Crippen LogP contribution in [0.1, 0.15) is 25.5 Å². The molecule has 7 nitrogen and oxygen atoms in total. The largest absolute Gasteiger partial charge is 0.460 e. The first kappa shape index (κ1) is 22.1. The molecule has 0 spiro atoms. The van der Waals surface area contributed by atoms with Gasteiger partial charge in [0.15, 0.2) is 0 Å². The molecule has 0 aromatic heterocycles. The summed E-state index contributed by atoms with van der Waals surface area (Å²) in [5, 5.41) is 5.69. The third-order valence-corrected chi connectivity index (χ3v) is 6.74. The van der Waals surface area contributed by atoms with Gasteiger partial charge in [0.25, 0.3) is 0 Å². The predicted molar refractivity (Wildman–Crippen MR) is 117 cm³/mol. The van der Waals surface area contributed by atoms with E-state index in [0.717, 1.165) is 5.56 Å². The summed E-state index contributed by atoms with van der Waals surface area (Å²) in [6, 6.07) is 7.31. The second-order valence-electron chi connectivity index (χ2n) is 7.71. The lowest BCUT2D eigenvalue weighted by Crippen LogP contribution is -2.71. The molecular formula is C22H27N3O4S. The van der Waals surface area contributed by atoms with Gasteiger partial charge >= 0.3 is 5.97 Å². The number of carbonyl (C=O) groups is 3. The van der Waals surface area contributed by atoms with Gasteiger partial charge in [-0.25, -0.2) is 4.79 Å². The highest BCUT2D eigenvalue weighted by atomic mass is 32.2. The number of hydrogen-bond acceptors (Lipinski definition) is 6. The van der Waals surface area contributed by atoms with E-state index in [-0.39, 0.29) is 23.8 Å². The molecule has 4 atom stereocenters. The topological polar surface area (TPSA) is 87.7 Å². The van der Waals surface area contributed by atoms with Gasteiger partial charge in [0.05, 0.1) is 0 Å². The number of nitrogens with one attached hydrogen (secondary N) is 2. The highest BCUT2D eigenvalue weighted by molar-refractivity contribution is 8.01. The number of thioether (sulfide) groups is 1. The predicted octanol–water partition coefficient (Wildman–Crippen LogP) is 1.78. The second kappa shape index (κ2) is 9.06. The van der Waals surface area contributed by atoms with E-state index in [1.807, 2.05) is 44.2 Å². The molecule has 2 amide bonds. The van der Waals surface area contributed by atoms with Crippen LogP contribution < -0.4 is 10.6 Å². The van der Waals surface area contributed by atoms with Crippen molar-refractivity contribution in [2.45, 2.75) is 42.1 Å². The number of rotatable bonds is 9. The molecule has 30 heavy (non-hydrogen) atoms. The first-order valence-corrected chi connectivity index (χ1v) is 10.7. The number of carbonyl (C=O) groups excluding carboxylic acids is 3. The monoisotopic (exact) mass is 429 g/mol. The average molecular weight is 430 g/mol. The molecule has 160 valence electrons. The third kappa shape index (κ3) is 4.15. The third-order valence-electron chi connectivity index (χ3n) is 5.17. The van der Waals surface area contributed by atoms with Crippen molar-refractivity contribution >= 4 is 29.5 Å². The van der Waals surface area contributed by atoms with Crippen molar-refractivity contribution in [2.24, 2.45) is 0 Å². The van der Waals surface area contributed by atoms with Crippen molar-refractivity contribution in [3.63, 3.8) is 0 Å². The first-order chi connectivity index (χ1) is 14.3. The number of hydrogen-bond donors (Lipinski definition) is 2. The zero-order chi connectivity index (χ0) is 21.9. The fourth-order valence-corrected chi connectivity index (χ4v) is 5.41. The molecule has 2 saturated heterocycles. The van der Waals surface area contributed by atoms with E-state index in [1.54, 1.807) is 6.08 Å². The minimum Gasteiger partial charge on any atom is -0.460 e. The van der Waals surface area contributed by atoms with E-state index in [4.69, 9.17) is 4.74 Å². The van der Waals surface area contributed by atoms with Crippen molar-refractivity contribution in [3.05, 3.63) is 61.2 Å². The molecule has 0 saturated carbocycles. The van der Waals surface area contributed by atoms with Crippen LogP contribution in [0.3, 0.4) is 0 Å². The molecule has 8 heteroatoms. The molecule has 3 rings (SSSR count). The SMILES string of the molecule is C=CCN[C@@H](C(=O)N[C@@H]1C(=O)N2[C@@H]1SC(C)(C)[C@H]2C(=O)OCC=C)c1ccccc1. The van der Waals surface area contributed by atoms with Crippen LogP contribution in [-0.4, -0.2) is 58.0 Å². The molecule has 2 aliphatic heterocycles. The Labute approximate surface area is 180 Å². The van der Waals surface area contributed by atoms with Crippen LogP contribution in [0.25, 0.3) is 0 Å². The number of esters is 1. The van der Waals surface area contributed by atoms with Crippen molar-refractivity contribution in [3.8, 4) is 0 Å². The van der Waals surface area contributed by atoms with Gasteiger partial charge < -0.3 is 15.0 Å². The standard InChI is InChI=1S/C22H27N3O4S/c1-5-12-23-15(14-10-8-7-9-11-14)18(26)24-16-19(27)25-17(21(28)29-13-6-2)22(3,4)30-20(16)25/h5-11,15-17,20,23H,1-2,12-13H2,3-4H3,(H,24,26)/t15-,16-,17-,20-/m1/s1. The van der Waals surface area contributed by atoms with Crippen LogP contribution in [-0.2, 0) is 19.1 Å². The minimum absolute atomic E-state index is 0.0939. The van der Waals surface area contributed by atoms with Gasteiger partial charge in [-0.3, -0.25) is 14.9 Å². The number of nitrogens with zero attached hydrogens (tertiary/aromatic N) is 1. The number of fused-ring (bicyclic) bond motifs is 1. The minimum atomic E-state index is -0.697. The molecule has 2 fully saturated rings. The van der Waals surface area contributed by atoms with Gasteiger partial charge in [0, 0.05) is 11.3 Å². The molecule has 2 heterocycles. The molecule has 0 radical (unpaired) electrons. The van der Waals surface area contributed by atoms with E-state index in [9.17, 15) is 14.4 Å². The quantitative estimate of drug-likeness (QED) is 0.354. The Morgan fingerprint density at radius 1 is 1.27 bits per heavy atom. The lowest BCUT2D eigenvalue weighted by Gasteiger charge is -2.44. The second-order valence-corrected chi connectivity index (χ2v) is 9.48. The van der Waals surface area contributed by atoms with E-state index in [1.165, 1.54) is 22.7 Å². The maximum absolute atomic E-state index is 13.0. The molecular weight excluding hydrogens is 402 g/mol. The maximum Gasteiger partial charge on any atom is 0.330 e. The smallest absolute Gasteiger partial charge is 0.330 e. The summed E-state index contributed by atoms with van der Waals surface area (Å²) in [7, 11) is 0. The Hall–Kier alpha value is -2.58. The van der Waals surface area contributed by atoms with Crippen LogP contribution in [0.5, 0.6) is 0 Å². The number of amides is 2. The van der Waals surface area contributed by atoms with Crippen LogP contribution >= 0.6 is 11.8 Å². The number of ether oxygens (including phenoxy) is 1. The Morgan fingerprint density at radius 3 is 2.60 bits per heavy atom. The van der Waals surface area contributed by atoms with Gasteiger partial charge in [-0.2, -0.15) is 0 Å². The molecule has 2 N–H and O–H groups in total. The van der Waals surface area contributed by atoms with Crippen molar-refractivity contribution in [1.29, 1.82) is 0 Å². The fourth-order valence-electron chi connectivity index (χ4n) is 3.79. The summed E-state index contributed by atoms with van der Waals surface area (Å²) >= 11 is 1.49. The Kier molecular flexibility index (Phi) is 6.67. The summed E-state index contributed by atoms with van der Waals surface area (Å²) < 4.78 is 4.67. The first-order valence-electron chi connectivity index (χ1n) is 9.79. The number of benzene rings is 1. The molecule has 2 aliphatic rings. The highest BCUT2D eigenvalue weighted by Crippen LogP contribution is 2.51. The van der Waals surface area contributed by atoms with Crippen molar-refractivity contribution in [2.75, 3.05) is 13.2 Å². The lowest BCUT2D eigenvalue weighted by atomic mass is 9.95. The Morgan fingerprint density at radius 2 is 1.97 bits per heavy atom. The summed E-state index contributed by atoms with van der Waals surface area (Å²) in [5.74, 6) is -1.03. The molecule has 1 aromatic rings. The lowest BCUT2D eigenvalue weighted by molar-refractivity contribution is -0.163. The zero-order valence-corrected chi connectivity index (χ0v) is 18.0. The van der Waals surface area contributed by atoms with Crippen LogP contribution in [0, 0.1) is 0 Å². The molecule has 1 aromatic carbocycles. The Balaban J connectivity index is 1.73. The van der Waals surface area contributed by atoms with E-state index < -0.39 is 28.8 Å². The van der Waals surface area contributed by atoms with Gasteiger partial charge in [0.2, 0.25) is 11.8 Å². The molecule has 0 unspecified atom stereocenters. The van der Waals surface area contributed by atoms with Gasteiger partial charge in [-0.1, -0.05) is 49.1 Å². The van der Waals surface area contributed by atoms with Crippen LogP contribution in [0.2, 0.25) is 0 Å². The average Bonchev–Trinajstić information content (AvgIpc) is 2.99. The number of β-lactam (4-membered cyclic amide) rings is 1. The summed E-state index contributed by atoms with van der Waals surface area (Å²) in [6.45, 7) is 11.6. The van der Waals surface area contributed by atoms with E-state index >= 15 is 0 Å². The fraction of sp³-hybridized carbons (Fsp3) is 0.409. The zero-order valence-electron chi connectivity index (χ0n) is 17.2. The summed E-state index contributed by atoms with van der Waals surface area (Å²) in [4.78, 5) is 39.9. The van der Waals surface area contributed by atoms with Crippen LogP contribution in [0.15, 0.2) is 55.6 Å². The summed E-state index contributed by atoms with van der Waals surface area (Å²) in [6.07, 6.45) is 3.17. The highest BCUT2D eigenvalue weighted by Gasteiger charge is 2.64. The van der Waals surface area contributed by atoms with Crippen molar-refractivity contribution < 1.29 is 19.1 Å². The normalized spacial score (nSPS) is 24.9. The molecule has 0 bridgehead atoms. The Bertz CT molecular complexity index is 842. The van der Waals surface area contributed by atoms with E-state index in [2.05, 4.69) is 23.8 Å². The van der Waals surface area contributed by atoms with E-state index in [0.29, 0.717) is 6.54 Å².